The fourth-order valence-electron chi connectivity index (χ4n) is 1.84. The maximum Gasteiger partial charge on any atom is 0.255 e. The highest BCUT2D eigenvalue weighted by Gasteiger charge is 2.10. The van der Waals surface area contributed by atoms with Crippen molar-refractivity contribution in [3.63, 3.8) is 0 Å². The number of carbonyl (C=O) groups is 1. The average molecular weight is 287 g/mol. The number of nitrogens with two attached hydrogens (primary N) is 2. The van der Waals surface area contributed by atoms with Crippen molar-refractivity contribution in [2.75, 3.05) is 31.0 Å². The first-order chi connectivity index (χ1) is 10.0. The van der Waals surface area contributed by atoms with Crippen LogP contribution in [0.4, 0.5) is 17.1 Å². The van der Waals surface area contributed by atoms with Crippen LogP contribution in [0, 0.1) is 0 Å². The second kappa shape index (κ2) is 6.04. The Hall–Kier alpha value is -2.89. The molecule has 0 aliphatic rings. The molecular weight excluding hydrogens is 270 g/mol. The zero-order valence-corrected chi connectivity index (χ0v) is 11.8. The molecule has 1 amide bonds. The summed E-state index contributed by atoms with van der Waals surface area (Å²) in [6.07, 6.45) is 0. The lowest BCUT2D eigenvalue weighted by molar-refractivity contribution is 0.102. The van der Waals surface area contributed by atoms with Gasteiger partial charge in [0.05, 0.1) is 25.6 Å². The number of anilines is 3. The third-order valence-electron chi connectivity index (χ3n) is 2.99. The van der Waals surface area contributed by atoms with Gasteiger partial charge >= 0.3 is 0 Å². The minimum absolute atomic E-state index is 0.278. The Morgan fingerprint density at radius 1 is 0.952 bits per heavy atom. The Kier molecular flexibility index (Phi) is 4.18. The fourth-order valence-corrected chi connectivity index (χ4v) is 1.84. The molecule has 2 aromatic rings. The number of hydrogen-bond acceptors (Lipinski definition) is 5. The van der Waals surface area contributed by atoms with Crippen molar-refractivity contribution in [1.29, 1.82) is 0 Å². The van der Waals surface area contributed by atoms with Crippen molar-refractivity contribution >= 4 is 23.0 Å². The minimum Gasteiger partial charge on any atom is -0.495 e. The molecule has 0 saturated heterocycles. The molecule has 0 atom stereocenters. The molecule has 6 heteroatoms. The zero-order valence-electron chi connectivity index (χ0n) is 11.8. The second-order valence-corrected chi connectivity index (χ2v) is 4.37. The zero-order chi connectivity index (χ0) is 15.4. The van der Waals surface area contributed by atoms with Crippen LogP contribution in [0.5, 0.6) is 11.5 Å². The summed E-state index contributed by atoms with van der Waals surface area (Å²) in [5, 5.41) is 2.76. The highest BCUT2D eigenvalue weighted by Crippen LogP contribution is 2.26. The summed E-state index contributed by atoms with van der Waals surface area (Å²) in [6.45, 7) is 0. The van der Waals surface area contributed by atoms with E-state index in [0.29, 0.717) is 34.1 Å². The van der Waals surface area contributed by atoms with Gasteiger partial charge in [0, 0.05) is 17.3 Å². The molecule has 21 heavy (non-hydrogen) atoms. The van der Waals surface area contributed by atoms with E-state index in [1.54, 1.807) is 36.4 Å². The SMILES string of the molecule is COc1cc(NC(=O)c2ccc(N)c(OC)c2)ccc1N. The van der Waals surface area contributed by atoms with Crippen LogP contribution in [0.2, 0.25) is 0 Å². The van der Waals surface area contributed by atoms with Crippen molar-refractivity contribution in [2.24, 2.45) is 0 Å². The highest BCUT2D eigenvalue weighted by atomic mass is 16.5. The van der Waals surface area contributed by atoms with E-state index in [9.17, 15) is 4.79 Å². The number of ether oxygens (including phenoxy) is 2. The smallest absolute Gasteiger partial charge is 0.255 e. The molecule has 0 saturated carbocycles. The van der Waals surface area contributed by atoms with Crippen molar-refractivity contribution in [3.8, 4) is 11.5 Å². The topological polar surface area (TPSA) is 99.6 Å². The van der Waals surface area contributed by atoms with Gasteiger partial charge in [-0.15, -0.1) is 0 Å². The minimum atomic E-state index is -0.278. The van der Waals surface area contributed by atoms with Gasteiger partial charge in [-0.1, -0.05) is 0 Å². The number of methoxy groups -OCH3 is 2. The van der Waals surface area contributed by atoms with E-state index >= 15 is 0 Å². The van der Waals surface area contributed by atoms with Gasteiger partial charge in [-0.2, -0.15) is 0 Å². The standard InChI is InChI=1S/C15H17N3O3/c1-20-13-7-9(3-5-11(13)16)15(19)18-10-4-6-12(17)14(8-10)21-2/h3-8H,16-17H2,1-2H3,(H,18,19). The van der Waals surface area contributed by atoms with Crippen LogP contribution in [0.15, 0.2) is 36.4 Å². The van der Waals surface area contributed by atoms with Crippen LogP contribution in [0.3, 0.4) is 0 Å². The lowest BCUT2D eigenvalue weighted by atomic mass is 10.1. The summed E-state index contributed by atoms with van der Waals surface area (Å²) < 4.78 is 10.2. The number of amides is 1. The Morgan fingerprint density at radius 3 is 2.14 bits per heavy atom. The Bertz CT molecular complexity index is 671. The Labute approximate surface area is 122 Å². The van der Waals surface area contributed by atoms with Gasteiger partial charge in [-0.25, -0.2) is 0 Å². The first kappa shape index (κ1) is 14.5. The van der Waals surface area contributed by atoms with Crippen molar-refractivity contribution in [3.05, 3.63) is 42.0 Å². The van der Waals surface area contributed by atoms with E-state index in [0.717, 1.165) is 0 Å². The summed E-state index contributed by atoms with van der Waals surface area (Å²) in [4.78, 5) is 12.2. The van der Waals surface area contributed by atoms with Crippen LogP contribution in [-0.4, -0.2) is 20.1 Å². The van der Waals surface area contributed by atoms with Crippen LogP contribution in [-0.2, 0) is 0 Å². The molecule has 0 aromatic heterocycles. The molecule has 0 spiro atoms. The summed E-state index contributed by atoms with van der Waals surface area (Å²) in [5.41, 5.74) is 13.5. The third-order valence-corrected chi connectivity index (χ3v) is 2.99. The largest absolute Gasteiger partial charge is 0.495 e. The molecule has 0 bridgehead atoms. The van der Waals surface area contributed by atoms with E-state index in [-0.39, 0.29) is 5.91 Å². The van der Waals surface area contributed by atoms with Crippen LogP contribution in [0.1, 0.15) is 10.4 Å². The predicted octanol–water partition coefficient (Wildman–Crippen LogP) is 2.12. The quantitative estimate of drug-likeness (QED) is 0.748. The number of benzene rings is 2. The van der Waals surface area contributed by atoms with E-state index in [4.69, 9.17) is 20.9 Å². The molecular formula is C15H17N3O3. The van der Waals surface area contributed by atoms with E-state index in [1.165, 1.54) is 14.2 Å². The molecule has 0 aliphatic heterocycles. The van der Waals surface area contributed by atoms with Crippen LogP contribution >= 0.6 is 0 Å². The van der Waals surface area contributed by atoms with Gasteiger partial charge in [0.25, 0.3) is 5.91 Å². The lowest BCUT2D eigenvalue weighted by Crippen LogP contribution is -2.12. The molecule has 2 aromatic carbocycles. The summed E-state index contributed by atoms with van der Waals surface area (Å²) >= 11 is 0. The number of rotatable bonds is 4. The molecule has 0 fully saturated rings. The van der Waals surface area contributed by atoms with Gasteiger partial charge in [-0.3, -0.25) is 4.79 Å². The van der Waals surface area contributed by atoms with E-state index in [1.807, 2.05) is 0 Å². The van der Waals surface area contributed by atoms with Crippen molar-refractivity contribution < 1.29 is 14.3 Å². The molecule has 0 unspecified atom stereocenters. The predicted molar refractivity (Wildman–Crippen MR) is 82.8 cm³/mol. The molecule has 0 aliphatic carbocycles. The van der Waals surface area contributed by atoms with E-state index in [2.05, 4.69) is 5.32 Å². The van der Waals surface area contributed by atoms with Crippen LogP contribution in [0.25, 0.3) is 0 Å². The molecule has 110 valence electrons. The van der Waals surface area contributed by atoms with Crippen molar-refractivity contribution in [2.45, 2.75) is 0 Å². The number of hydrogen-bond donors (Lipinski definition) is 3. The molecule has 2 rings (SSSR count). The monoisotopic (exact) mass is 287 g/mol. The highest BCUT2D eigenvalue weighted by molar-refractivity contribution is 6.05. The number of carbonyl (C=O) groups excluding carboxylic acids is 1. The van der Waals surface area contributed by atoms with E-state index < -0.39 is 0 Å². The molecule has 5 N–H and O–H groups in total. The fraction of sp³-hybridized carbons (Fsp3) is 0.133. The first-order valence-electron chi connectivity index (χ1n) is 6.23. The third kappa shape index (κ3) is 3.17. The Balaban J connectivity index is 2.21. The maximum absolute atomic E-state index is 12.2. The number of nitrogen functional groups attached to an aromatic ring is 2. The Morgan fingerprint density at radius 2 is 1.52 bits per heavy atom. The average Bonchev–Trinajstić information content (AvgIpc) is 2.49. The summed E-state index contributed by atoms with van der Waals surface area (Å²) in [6, 6.07) is 9.85. The summed E-state index contributed by atoms with van der Waals surface area (Å²) in [7, 11) is 3.01. The van der Waals surface area contributed by atoms with Gasteiger partial charge in [0.15, 0.2) is 0 Å². The summed E-state index contributed by atoms with van der Waals surface area (Å²) in [5.74, 6) is 0.681. The maximum atomic E-state index is 12.2. The van der Waals surface area contributed by atoms with Crippen LogP contribution < -0.4 is 26.3 Å². The molecule has 0 radical (unpaired) electrons. The first-order valence-corrected chi connectivity index (χ1v) is 6.23. The number of nitrogens with one attached hydrogen (secondary N) is 1. The normalized spacial score (nSPS) is 10.0. The van der Waals surface area contributed by atoms with Gasteiger partial charge in [-0.05, 0) is 30.3 Å². The molecule has 0 heterocycles. The van der Waals surface area contributed by atoms with Gasteiger partial charge in [0.1, 0.15) is 11.5 Å². The van der Waals surface area contributed by atoms with Gasteiger partial charge in [0.2, 0.25) is 0 Å². The van der Waals surface area contributed by atoms with Crippen molar-refractivity contribution in [1.82, 2.24) is 0 Å². The van der Waals surface area contributed by atoms with Gasteiger partial charge < -0.3 is 26.3 Å². The second-order valence-electron chi connectivity index (χ2n) is 4.37. The lowest BCUT2D eigenvalue weighted by Gasteiger charge is -2.10. The molecule has 6 nitrogen and oxygen atoms in total.